The molecule has 30 heavy (non-hydrogen) atoms. The maximum Gasteiger partial charge on any atom is 0.303 e. The lowest BCUT2D eigenvalue weighted by Crippen LogP contribution is -1.97. The number of aliphatic carboxylic acids is 1. The van der Waals surface area contributed by atoms with Gasteiger partial charge in [-0.25, -0.2) is 0 Å². The number of non-ortho nitro benzene ring substituents is 1. The van der Waals surface area contributed by atoms with Gasteiger partial charge in [0.1, 0.15) is 5.75 Å². The van der Waals surface area contributed by atoms with Crippen LogP contribution in [-0.2, 0) is 4.79 Å². The molecule has 0 saturated heterocycles. The number of carboxylic acid groups (broad SMARTS) is 1. The van der Waals surface area contributed by atoms with Crippen molar-refractivity contribution in [1.29, 1.82) is 0 Å². The second-order valence-electron chi connectivity index (χ2n) is 8.05. The predicted octanol–water partition coefficient (Wildman–Crippen LogP) is 7.30. The summed E-state index contributed by atoms with van der Waals surface area (Å²) in [4.78, 5) is 20.6. The van der Waals surface area contributed by atoms with Crippen LogP contribution in [0.3, 0.4) is 0 Å². The Balaban J connectivity index is 1.77. The van der Waals surface area contributed by atoms with Crippen LogP contribution in [0, 0.1) is 10.1 Å². The van der Waals surface area contributed by atoms with E-state index >= 15 is 0 Å². The number of hydrogen-bond donors (Lipinski definition) is 1. The van der Waals surface area contributed by atoms with Gasteiger partial charge in [-0.15, -0.1) is 0 Å². The molecule has 0 atom stereocenters. The molecule has 6 heteroatoms. The average molecular weight is 422 g/mol. The molecule has 170 valence electrons. The minimum Gasteiger partial charge on any atom is -0.494 e. The van der Waals surface area contributed by atoms with Gasteiger partial charge >= 0.3 is 5.97 Å². The summed E-state index contributed by atoms with van der Waals surface area (Å²) in [5, 5.41) is 19.2. The van der Waals surface area contributed by atoms with Gasteiger partial charge in [0.05, 0.1) is 11.5 Å². The van der Waals surface area contributed by atoms with E-state index in [9.17, 15) is 14.9 Å². The minimum atomic E-state index is -0.677. The van der Waals surface area contributed by atoms with Gasteiger partial charge < -0.3 is 9.84 Å². The van der Waals surface area contributed by atoms with Crippen LogP contribution in [0.15, 0.2) is 24.3 Å². The molecular weight excluding hydrogens is 382 g/mol. The standard InChI is InChI=1S/C24H39NO5/c26-24(27)16-14-12-10-8-6-4-2-1-3-5-7-9-11-13-15-21-30-23-19-17-22(18-20-23)25(28)29/h17-20H,1-16,21H2,(H,26,27). The van der Waals surface area contributed by atoms with Gasteiger partial charge in [0, 0.05) is 18.6 Å². The summed E-state index contributed by atoms with van der Waals surface area (Å²) in [6.07, 6.45) is 18.6. The molecule has 0 spiro atoms. The van der Waals surface area contributed by atoms with Crippen molar-refractivity contribution < 1.29 is 19.6 Å². The molecule has 0 aliphatic carbocycles. The van der Waals surface area contributed by atoms with Crippen LogP contribution in [0.1, 0.15) is 103 Å². The Labute approximate surface area is 181 Å². The van der Waals surface area contributed by atoms with E-state index in [1.165, 1.54) is 89.2 Å². The number of nitro groups is 1. The smallest absolute Gasteiger partial charge is 0.303 e. The van der Waals surface area contributed by atoms with Crippen molar-refractivity contribution in [1.82, 2.24) is 0 Å². The van der Waals surface area contributed by atoms with Crippen LogP contribution in [0.2, 0.25) is 0 Å². The number of carbonyl (C=O) groups is 1. The minimum absolute atomic E-state index is 0.0901. The van der Waals surface area contributed by atoms with Gasteiger partial charge in [-0.3, -0.25) is 14.9 Å². The van der Waals surface area contributed by atoms with Crippen LogP contribution < -0.4 is 4.74 Å². The molecule has 0 amide bonds. The van der Waals surface area contributed by atoms with E-state index < -0.39 is 10.9 Å². The zero-order chi connectivity index (χ0) is 21.9. The van der Waals surface area contributed by atoms with Crippen molar-refractivity contribution in [2.75, 3.05) is 6.61 Å². The van der Waals surface area contributed by atoms with E-state index in [4.69, 9.17) is 9.84 Å². The molecule has 0 fully saturated rings. The second-order valence-corrected chi connectivity index (χ2v) is 8.05. The van der Waals surface area contributed by atoms with Crippen LogP contribution in [0.25, 0.3) is 0 Å². The number of benzene rings is 1. The summed E-state index contributed by atoms with van der Waals surface area (Å²) < 4.78 is 5.62. The van der Waals surface area contributed by atoms with E-state index in [1.807, 2.05) is 0 Å². The highest BCUT2D eigenvalue weighted by molar-refractivity contribution is 5.66. The molecule has 0 aliphatic heterocycles. The van der Waals surface area contributed by atoms with Gasteiger partial charge in [0.15, 0.2) is 0 Å². The summed E-state index contributed by atoms with van der Waals surface area (Å²) in [5.41, 5.74) is 0.0901. The molecule has 6 nitrogen and oxygen atoms in total. The van der Waals surface area contributed by atoms with E-state index in [2.05, 4.69) is 0 Å². The number of hydrogen-bond acceptors (Lipinski definition) is 4. The third-order valence-corrected chi connectivity index (χ3v) is 5.35. The fourth-order valence-corrected chi connectivity index (χ4v) is 3.53. The fraction of sp³-hybridized carbons (Fsp3) is 0.708. The van der Waals surface area contributed by atoms with Crippen molar-refractivity contribution >= 4 is 11.7 Å². The molecule has 0 saturated carbocycles. The van der Waals surface area contributed by atoms with E-state index in [-0.39, 0.29) is 5.69 Å². The largest absolute Gasteiger partial charge is 0.494 e. The molecule has 1 aromatic rings. The fourth-order valence-electron chi connectivity index (χ4n) is 3.53. The van der Waals surface area contributed by atoms with Crippen molar-refractivity contribution in [3.05, 3.63) is 34.4 Å². The number of ether oxygens (including phenoxy) is 1. The van der Waals surface area contributed by atoms with Crippen molar-refractivity contribution in [3.8, 4) is 5.75 Å². The molecule has 1 N–H and O–H groups in total. The quantitative estimate of drug-likeness (QED) is 0.135. The maximum atomic E-state index is 10.6. The lowest BCUT2D eigenvalue weighted by Gasteiger charge is -2.06. The first kappa shape index (κ1) is 25.9. The van der Waals surface area contributed by atoms with Gasteiger partial charge in [-0.1, -0.05) is 83.5 Å². The molecule has 0 unspecified atom stereocenters. The maximum absolute atomic E-state index is 10.6. The van der Waals surface area contributed by atoms with Gasteiger partial charge in [-0.2, -0.15) is 0 Å². The lowest BCUT2D eigenvalue weighted by atomic mass is 10.0. The van der Waals surface area contributed by atoms with Gasteiger partial charge in [0.25, 0.3) is 5.69 Å². The monoisotopic (exact) mass is 421 g/mol. The third-order valence-electron chi connectivity index (χ3n) is 5.35. The highest BCUT2D eigenvalue weighted by Crippen LogP contribution is 2.18. The summed E-state index contributed by atoms with van der Waals surface area (Å²) in [5.74, 6) is 0.0162. The Bertz CT molecular complexity index is 573. The van der Waals surface area contributed by atoms with Crippen molar-refractivity contribution in [2.24, 2.45) is 0 Å². The summed E-state index contributed by atoms with van der Waals surface area (Å²) in [6, 6.07) is 6.25. The Morgan fingerprint density at radius 3 is 1.53 bits per heavy atom. The second kappa shape index (κ2) is 17.7. The molecular formula is C24H39NO5. The Morgan fingerprint density at radius 1 is 0.733 bits per heavy atom. The Kier molecular flexibility index (Phi) is 15.3. The molecule has 0 aliphatic rings. The zero-order valence-electron chi connectivity index (χ0n) is 18.4. The zero-order valence-corrected chi connectivity index (χ0v) is 18.4. The first-order valence-corrected chi connectivity index (χ1v) is 11.7. The number of nitrogens with zero attached hydrogens (tertiary/aromatic N) is 1. The van der Waals surface area contributed by atoms with Crippen molar-refractivity contribution in [3.63, 3.8) is 0 Å². The first-order valence-electron chi connectivity index (χ1n) is 11.7. The molecule has 1 aromatic carbocycles. The SMILES string of the molecule is O=C(O)CCCCCCCCCCCCCCCCCOc1ccc([N+](=O)[O-])cc1. The predicted molar refractivity (Wildman–Crippen MR) is 120 cm³/mol. The Morgan fingerprint density at radius 2 is 1.13 bits per heavy atom. The summed E-state index contributed by atoms with van der Waals surface area (Å²) in [7, 11) is 0. The number of carboxylic acids is 1. The highest BCUT2D eigenvalue weighted by atomic mass is 16.6. The number of rotatable bonds is 20. The lowest BCUT2D eigenvalue weighted by molar-refractivity contribution is -0.384. The topological polar surface area (TPSA) is 89.7 Å². The van der Waals surface area contributed by atoms with Gasteiger partial charge in [-0.05, 0) is 25.0 Å². The van der Waals surface area contributed by atoms with Crippen LogP contribution in [0.5, 0.6) is 5.75 Å². The molecule has 0 aromatic heterocycles. The molecule has 1 rings (SSSR count). The van der Waals surface area contributed by atoms with Gasteiger partial charge in [0.2, 0.25) is 0 Å². The number of nitro benzene ring substituents is 1. The first-order chi connectivity index (χ1) is 14.6. The van der Waals surface area contributed by atoms with E-state index in [0.717, 1.165) is 19.3 Å². The van der Waals surface area contributed by atoms with E-state index in [0.29, 0.717) is 18.8 Å². The van der Waals surface area contributed by atoms with Crippen molar-refractivity contribution in [2.45, 2.75) is 103 Å². The van der Waals surface area contributed by atoms with Crippen LogP contribution >= 0.6 is 0 Å². The van der Waals surface area contributed by atoms with Crippen LogP contribution in [-0.4, -0.2) is 22.6 Å². The summed E-state index contributed by atoms with van der Waals surface area (Å²) >= 11 is 0. The highest BCUT2D eigenvalue weighted by Gasteiger charge is 2.04. The number of unbranched alkanes of at least 4 members (excludes halogenated alkanes) is 14. The summed E-state index contributed by atoms with van der Waals surface area (Å²) in [6.45, 7) is 0.664. The third kappa shape index (κ3) is 14.8. The molecule has 0 heterocycles. The van der Waals surface area contributed by atoms with E-state index in [1.54, 1.807) is 12.1 Å². The average Bonchev–Trinajstić information content (AvgIpc) is 2.73. The Hall–Kier alpha value is -2.11. The molecule has 0 radical (unpaired) electrons. The van der Waals surface area contributed by atoms with Crippen LogP contribution in [0.4, 0.5) is 5.69 Å². The normalized spacial score (nSPS) is 10.8. The molecule has 0 bridgehead atoms.